The van der Waals surface area contributed by atoms with Crippen molar-refractivity contribution in [2.45, 2.75) is 51.1 Å². The molecule has 0 radical (unpaired) electrons. The number of aliphatic carboxylic acids is 1. The SMILES string of the molecule is O=C(O)[C@@H](CCN[C@H]1COc2ccccc2N(Cc2ccc(Cl)cc2)C1=O)C1CCCCC1. The molecule has 0 bridgehead atoms. The van der Waals surface area contributed by atoms with Crippen molar-refractivity contribution < 1.29 is 19.4 Å². The number of hydrogen-bond acceptors (Lipinski definition) is 4. The molecule has 1 aliphatic heterocycles. The minimum absolute atomic E-state index is 0.0839. The van der Waals surface area contributed by atoms with Crippen molar-refractivity contribution in [2.24, 2.45) is 11.8 Å². The summed E-state index contributed by atoms with van der Waals surface area (Å²) >= 11 is 6.02. The quantitative estimate of drug-likeness (QED) is 0.574. The van der Waals surface area contributed by atoms with E-state index in [2.05, 4.69) is 5.32 Å². The molecule has 7 heteroatoms. The number of ether oxygens (including phenoxy) is 1. The largest absolute Gasteiger partial charge is 0.489 e. The van der Waals surface area contributed by atoms with Crippen LogP contribution in [0.25, 0.3) is 0 Å². The lowest BCUT2D eigenvalue weighted by Crippen LogP contribution is -2.48. The Labute approximate surface area is 199 Å². The number of rotatable bonds is 8. The van der Waals surface area contributed by atoms with Crippen molar-refractivity contribution in [1.29, 1.82) is 0 Å². The Bertz CT molecular complexity index is 959. The van der Waals surface area contributed by atoms with Crippen LogP contribution in [0.3, 0.4) is 0 Å². The number of hydrogen-bond donors (Lipinski definition) is 2. The molecule has 6 nitrogen and oxygen atoms in total. The van der Waals surface area contributed by atoms with Crippen molar-refractivity contribution in [3.05, 3.63) is 59.1 Å². The van der Waals surface area contributed by atoms with E-state index in [1.54, 1.807) is 4.90 Å². The molecule has 2 N–H and O–H groups in total. The molecule has 2 atom stereocenters. The molecule has 0 aromatic heterocycles. The minimum Gasteiger partial charge on any atom is -0.489 e. The molecule has 1 fully saturated rings. The van der Waals surface area contributed by atoms with Gasteiger partial charge in [-0.25, -0.2) is 0 Å². The van der Waals surface area contributed by atoms with Crippen molar-refractivity contribution in [3.8, 4) is 5.75 Å². The first-order valence-corrected chi connectivity index (χ1v) is 12.1. The third kappa shape index (κ3) is 5.87. The van der Waals surface area contributed by atoms with Gasteiger partial charge in [0, 0.05) is 5.02 Å². The van der Waals surface area contributed by atoms with Gasteiger partial charge in [-0.05, 0) is 61.6 Å². The fraction of sp³-hybridized carbons (Fsp3) is 0.462. The van der Waals surface area contributed by atoms with Crippen LogP contribution in [0.15, 0.2) is 48.5 Å². The van der Waals surface area contributed by atoms with Gasteiger partial charge < -0.3 is 20.1 Å². The molecule has 176 valence electrons. The molecular formula is C26H31ClN2O4. The van der Waals surface area contributed by atoms with Crippen LogP contribution >= 0.6 is 11.6 Å². The van der Waals surface area contributed by atoms with E-state index in [1.807, 2.05) is 48.5 Å². The normalized spacial score (nSPS) is 20.0. The number of carboxylic acids is 1. The second-order valence-corrected chi connectivity index (χ2v) is 9.40. The van der Waals surface area contributed by atoms with Gasteiger partial charge in [-0.1, -0.05) is 55.1 Å². The summed E-state index contributed by atoms with van der Waals surface area (Å²) in [6.07, 6.45) is 5.87. The predicted octanol–water partition coefficient (Wildman–Crippen LogP) is 4.90. The Kier molecular flexibility index (Phi) is 7.89. The fourth-order valence-electron chi connectivity index (χ4n) is 4.95. The molecule has 2 aromatic carbocycles. The zero-order valence-electron chi connectivity index (χ0n) is 18.7. The molecule has 0 spiro atoms. The van der Waals surface area contributed by atoms with Crippen LogP contribution in [0.5, 0.6) is 5.75 Å². The Hall–Kier alpha value is -2.57. The Morgan fingerprint density at radius 2 is 1.85 bits per heavy atom. The lowest BCUT2D eigenvalue weighted by atomic mass is 9.78. The lowest BCUT2D eigenvalue weighted by Gasteiger charge is -2.28. The molecular weight excluding hydrogens is 440 g/mol. The number of halogens is 1. The molecule has 1 saturated carbocycles. The van der Waals surface area contributed by atoms with Crippen molar-refractivity contribution in [3.63, 3.8) is 0 Å². The van der Waals surface area contributed by atoms with E-state index in [0.717, 1.165) is 36.9 Å². The number of nitrogens with zero attached hydrogens (tertiary/aromatic N) is 1. The predicted molar refractivity (Wildman–Crippen MR) is 129 cm³/mol. The van der Waals surface area contributed by atoms with E-state index >= 15 is 0 Å². The van der Waals surface area contributed by atoms with E-state index < -0.39 is 12.0 Å². The highest BCUT2D eigenvalue weighted by atomic mass is 35.5. The van der Waals surface area contributed by atoms with E-state index in [0.29, 0.717) is 30.3 Å². The first-order valence-electron chi connectivity index (χ1n) is 11.8. The van der Waals surface area contributed by atoms with E-state index in [1.165, 1.54) is 6.42 Å². The van der Waals surface area contributed by atoms with Gasteiger partial charge in [0.25, 0.3) is 0 Å². The topological polar surface area (TPSA) is 78.9 Å². The van der Waals surface area contributed by atoms with E-state index in [9.17, 15) is 14.7 Å². The second kappa shape index (κ2) is 11.0. The molecule has 4 rings (SSSR count). The van der Waals surface area contributed by atoms with Crippen LogP contribution in [0.1, 0.15) is 44.1 Å². The number of carbonyl (C=O) groups excluding carboxylic acids is 1. The number of para-hydroxylation sites is 2. The number of amides is 1. The van der Waals surface area contributed by atoms with Crippen molar-refractivity contribution >= 4 is 29.2 Å². The van der Waals surface area contributed by atoms with Crippen LogP contribution in [-0.4, -0.2) is 36.2 Å². The lowest BCUT2D eigenvalue weighted by molar-refractivity contribution is -0.144. The summed E-state index contributed by atoms with van der Waals surface area (Å²) in [4.78, 5) is 27.2. The number of anilines is 1. The monoisotopic (exact) mass is 470 g/mol. The van der Waals surface area contributed by atoms with Crippen LogP contribution in [0.2, 0.25) is 5.02 Å². The minimum atomic E-state index is -0.732. The van der Waals surface area contributed by atoms with Gasteiger partial charge in [-0.3, -0.25) is 9.59 Å². The molecule has 2 aromatic rings. The van der Waals surface area contributed by atoms with Gasteiger partial charge in [0.15, 0.2) is 0 Å². The maximum atomic E-state index is 13.5. The third-order valence-corrected chi connectivity index (χ3v) is 7.01. The molecule has 33 heavy (non-hydrogen) atoms. The fourth-order valence-corrected chi connectivity index (χ4v) is 5.07. The highest BCUT2D eigenvalue weighted by Gasteiger charge is 2.33. The van der Waals surface area contributed by atoms with Crippen LogP contribution in [0.4, 0.5) is 5.69 Å². The maximum Gasteiger partial charge on any atom is 0.306 e. The van der Waals surface area contributed by atoms with Gasteiger partial charge >= 0.3 is 5.97 Å². The van der Waals surface area contributed by atoms with Gasteiger partial charge in [0.2, 0.25) is 5.91 Å². The number of carbonyl (C=O) groups is 2. The first kappa shape index (κ1) is 23.6. The Morgan fingerprint density at radius 3 is 2.58 bits per heavy atom. The van der Waals surface area contributed by atoms with Gasteiger partial charge in [-0.2, -0.15) is 0 Å². The molecule has 1 heterocycles. The standard InChI is InChI=1S/C26H31ClN2O4/c27-20-12-10-18(11-13-20)16-29-23-8-4-5-9-24(23)33-17-22(25(29)30)28-15-14-21(26(31)32)19-6-2-1-3-7-19/h4-5,8-13,19,21-22,28H,1-3,6-7,14-17H2,(H,31,32)/t21-,22-/m0/s1. The third-order valence-electron chi connectivity index (χ3n) is 6.76. The van der Waals surface area contributed by atoms with Gasteiger partial charge in [0.05, 0.1) is 18.2 Å². The first-order chi connectivity index (χ1) is 16.0. The average Bonchev–Trinajstić information content (AvgIpc) is 2.95. The van der Waals surface area contributed by atoms with Crippen molar-refractivity contribution in [1.82, 2.24) is 5.32 Å². The summed E-state index contributed by atoms with van der Waals surface area (Å²) in [6.45, 7) is 1.06. The number of fused-ring (bicyclic) bond motifs is 1. The molecule has 1 amide bonds. The summed E-state index contributed by atoms with van der Waals surface area (Å²) in [7, 11) is 0. The summed E-state index contributed by atoms with van der Waals surface area (Å²) in [6, 6.07) is 14.4. The second-order valence-electron chi connectivity index (χ2n) is 8.97. The van der Waals surface area contributed by atoms with Gasteiger partial charge in [-0.15, -0.1) is 0 Å². The average molecular weight is 471 g/mol. The van der Waals surface area contributed by atoms with Crippen LogP contribution < -0.4 is 15.0 Å². The molecule has 0 unspecified atom stereocenters. The molecule has 1 aliphatic carbocycles. The summed E-state index contributed by atoms with van der Waals surface area (Å²) in [5.74, 6) is -0.301. The zero-order valence-corrected chi connectivity index (χ0v) is 19.5. The highest BCUT2D eigenvalue weighted by Crippen LogP contribution is 2.33. The van der Waals surface area contributed by atoms with Crippen molar-refractivity contribution in [2.75, 3.05) is 18.1 Å². The Morgan fingerprint density at radius 1 is 1.12 bits per heavy atom. The van der Waals surface area contributed by atoms with Crippen LogP contribution in [0, 0.1) is 11.8 Å². The number of nitrogens with one attached hydrogen (secondary N) is 1. The summed E-state index contributed by atoms with van der Waals surface area (Å²) in [5.41, 5.74) is 1.69. The molecule has 0 saturated heterocycles. The maximum absolute atomic E-state index is 13.5. The summed E-state index contributed by atoms with van der Waals surface area (Å²) in [5, 5.41) is 13.7. The van der Waals surface area contributed by atoms with Gasteiger partial charge in [0.1, 0.15) is 18.4 Å². The smallest absolute Gasteiger partial charge is 0.306 e. The number of benzene rings is 2. The van der Waals surface area contributed by atoms with E-state index in [4.69, 9.17) is 16.3 Å². The van der Waals surface area contributed by atoms with E-state index in [-0.39, 0.29) is 24.3 Å². The highest BCUT2D eigenvalue weighted by molar-refractivity contribution is 6.30. The number of carboxylic acid groups (broad SMARTS) is 1. The van der Waals surface area contributed by atoms with Crippen LogP contribution in [-0.2, 0) is 16.1 Å². The molecule has 2 aliphatic rings. The summed E-state index contributed by atoms with van der Waals surface area (Å²) < 4.78 is 5.98. The zero-order chi connectivity index (χ0) is 23.2. The Balaban J connectivity index is 1.45.